The number of piperidine rings is 1. The molecule has 2 aromatic carbocycles. The van der Waals surface area contributed by atoms with Gasteiger partial charge in [0.2, 0.25) is 0 Å². The molecular formula is C27H31FN2O3. The fourth-order valence-electron chi connectivity index (χ4n) is 4.43. The molecule has 174 valence electrons. The summed E-state index contributed by atoms with van der Waals surface area (Å²) < 4.78 is 20.1. The number of nitrogens with zero attached hydrogens (tertiary/aromatic N) is 2. The fraction of sp³-hybridized carbons (Fsp3) is 0.407. The summed E-state index contributed by atoms with van der Waals surface area (Å²) in [7, 11) is 0. The van der Waals surface area contributed by atoms with E-state index in [0.29, 0.717) is 40.8 Å². The number of imide groups is 1. The molecule has 6 heteroatoms. The summed E-state index contributed by atoms with van der Waals surface area (Å²) in [6, 6.07) is 13.6. The van der Waals surface area contributed by atoms with E-state index in [9.17, 15) is 14.0 Å². The highest BCUT2D eigenvalue weighted by molar-refractivity contribution is 6.35. The Balaban J connectivity index is 1.68. The fourth-order valence-corrected chi connectivity index (χ4v) is 4.43. The van der Waals surface area contributed by atoms with Crippen molar-refractivity contribution >= 4 is 17.4 Å². The molecule has 4 rings (SSSR count). The van der Waals surface area contributed by atoms with Crippen molar-refractivity contribution in [2.24, 2.45) is 11.8 Å². The number of ether oxygens (including phenoxy) is 1. The maximum Gasteiger partial charge on any atom is 0.278 e. The van der Waals surface area contributed by atoms with Gasteiger partial charge in [-0.05, 0) is 48.4 Å². The Morgan fingerprint density at radius 3 is 2.45 bits per heavy atom. The predicted octanol–water partition coefficient (Wildman–Crippen LogP) is 4.87. The van der Waals surface area contributed by atoms with Gasteiger partial charge in [-0.25, -0.2) is 4.39 Å². The molecular weight excluding hydrogens is 419 g/mol. The van der Waals surface area contributed by atoms with Crippen LogP contribution in [0.3, 0.4) is 0 Å². The number of amides is 2. The number of benzene rings is 2. The molecule has 0 spiro atoms. The molecule has 2 aliphatic rings. The minimum absolute atomic E-state index is 0.0870. The maximum atomic E-state index is 14.3. The smallest absolute Gasteiger partial charge is 0.278 e. The van der Waals surface area contributed by atoms with Gasteiger partial charge in [0.15, 0.2) is 0 Å². The molecule has 1 unspecified atom stereocenters. The molecule has 2 heterocycles. The first kappa shape index (κ1) is 23.0. The first-order valence-electron chi connectivity index (χ1n) is 11.7. The first-order valence-corrected chi connectivity index (χ1v) is 11.7. The van der Waals surface area contributed by atoms with Crippen LogP contribution in [0, 0.1) is 17.7 Å². The molecule has 1 atom stereocenters. The van der Waals surface area contributed by atoms with Gasteiger partial charge in [-0.3, -0.25) is 14.5 Å². The van der Waals surface area contributed by atoms with Crippen LogP contribution in [0.25, 0.3) is 5.57 Å². The van der Waals surface area contributed by atoms with Crippen molar-refractivity contribution < 1.29 is 18.7 Å². The summed E-state index contributed by atoms with van der Waals surface area (Å²) in [5.41, 5.74) is 1.82. The second-order valence-corrected chi connectivity index (χ2v) is 9.43. The van der Waals surface area contributed by atoms with E-state index in [0.717, 1.165) is 31.7 Å². The van der Waals surface area contributed by atoms with Crippen LogP contribution in [0.4, 0.5) is 4.39 Å². The number of carbonyl (C=O) groups is 2. The Bertz CT molecular complexity index is 1060. The Morgan fingerprint density at radius 1 is 1.06 bits per heavy atom. The van der Waals surface area contributed by atoms with Crippen LogP contribution in [0.2, 0.25) is 0 Å². The normalized spacial score (nSPS) is 19.1. The topological polar surface area (TPSA) is 49.9 Å². The second-order valence-electron chi connectivity index (χ2n) is 9.43. The van der Waals surface area contributed by atoms with E-state index in [2.05, 4.69) is 20.8 Å². The summed E-state index contributed by atoms with van der Waals surface area (Å²) in [5.74, 6) is 0.399. The molecule has 2 aliphatic heterocycles. The molecule has 2 aromatic rings. The van der Waals surface area contributed by atoms with Gasteiger partial charge < -0.3 is 9.64 Å². The van der Waals surface area contributed by atoms with Crippen molar-refractivity contribution in [1.29, 1.82) is 0 Å². The standard InChI is InChI=1S/C27H31FN2O3/c1-18(2)17-33-22-12-10-20(11-13-22)24-25(29-14-6-7-19(3)15-29)27(32)30(26(24)31)16-21-8-4-5-9-23(21)28/h4-5,8-13,18-19H,6-7,14-17H2,1-3H3. The van der Waals surface area contributed by atoms with Crippen LogP contribution < -0.4 is 4.74 Å². The lowest BCUT2D eigenvalue weighted by molar-refractivity contribution is -0.138. The third-order valence-electron chi connectivity index (χ3n) is 6.13. The Hall–Kier alpha value is -3.15. The molecule has 2 amide bonds. The first-order chi connectivity index (χ1) is 15.8. The van der Waals surface area contributed by atoms with Crippen LogP contribution in [0.5, 0.6) is 5.75 Å². The van der Waals surface area contributed by atoms with Crippen molar-refractivity contribution in [3.8, 4) is 5.75 Å². The molecule has 0 radical (unpaired) electrons. The summed E-state index contributed by atoms with van der Waals surface area (Å²) in [5, 5.41) is 0. The minimum Gasteiger partial charge on any atom is -0.493 e. The quantitative estimate of drug-likeness (QED) is 0.565. The summed E-state index contributed by atoms with van der Waals surface area (Å²) in [6.07, 6.45) is 2.07. The Morgan fingerprint density at radius 2 is 1.79 bits per heavy atom. The lowest BCUT2D eigenvalue weighted by Crippen LogP contribution is -2.39. The summed E-state index contributed by atoms with van der Waals surface area (Å²) in [6.45, 7) is 8.29. The van der Waals surface area contributed by atoms with Gasteiger partial charge in [0, 0.05) is 18.7 Å². The number of rotatable bonds is 7. The van der Waals surface area contributed by atoms with E-state index in [1.807, 2.05) is 29.2 Å². The van der Waals surface area contributed by atoms with Crippen molar-refractivity contribution in [1.82, 2.24) is 9.80 Å². The number of carbonyl (C=O) groups excluding carboxylic acids is 2. The van der Waals surface area contributed by atoms with Crippen LogP contribution in [-0.2, 0) is 16.1 Å². The van der Waals surface area contributed by atoms with E-state index < -0.39 is 5.82 Å². The van der Waals surface area contributed by atoms with Crippen molar-refractivity contribution in [2.75, 3.05) is 19.7 Å². The molecule has 0 saturated carbocycles. The summed E-state index contributed by atoms with van der Waals surface area (Å²) in [4.78, 5) is 30.3. The number of hydrogen-bond donors (Lipinski definition) is 0. The van der Waals surface area contributed by atoms with E-state index in [4.69, 9.17) is 4.74 Å². The summed E-state index contributed by atoms with van der Waals surface area (Å²) >= 11 is 0. The van der Waals surface area contributed by atoms with Gasteiger partial charge >= 0.3 is 0 Å². The molecule has 33 heavy (non-hydrogen) atoms. The maximum absolute atomic E-state index is 14.3. The van der Waals surface area contributed by atoms with E-state index >= 15 is 0 Å². The highest BCUT2D eigenvalue weighted by Crippen LogP contribution is 2.35. The monoisotopic (exact) mass is 450 g/mol. The Labute approximate surface area is 194 Å². The third-order valence-corrected chi connectivity index (χ3v) is 6.13. The van der Waals surface area contributed by atoms with Gasteiger partial charge in [-0.1, -0.05) is 51.1 Å². The van der Waals surface area contributed by atoms with Crippen molar-refractivity contribution in [2.45, 2.75) is 40.2 Å². The zero-order valence-electron chi connectivity index (χ0n) is 19.5. The number of halogens is 1. The van der Waals surface area contributed by atoms with E-state index in [1.165, 1.54) is 11.0 Å². The van der Waals surface area contributed by atoms with E-state index in [1.54, 1.807) is 18.2 Å². The molecule has 0 N–H and O–H groups in total. The Kier molecular flexibility index (Phi) is 6.82. The van der Waals surface area contributed by atoms with Crippen molar-refractivity contribution in [3.63, 3.8) is 0 Å². The average molecular weight is 451 g/mol. The average Bonchev–Trinajstić information content (AvgIpc) is 3.04. The highest BCUT2D eigenvalue weighted by Gasteiger charge is 2.42. The third kappa shape index (κ3) is 4.95. The number of likely N-dealkylation sites (tertiary alicyclic amines) is 1. The SMILES string of the molecule is CC(C)COc1ccc(C2=C(N3CCCC(C)C3)C(=O)N(Cc3ccccc3F)C2=O)cc1. The molecule has 5 nitrogen and oxygen atoms in total. The van der Waals surface area contributed by atoms with Gasteiger partial charge in [0.05, 0.1) is 18.7 Å². The molecule has 1 saturated heterocycles. The molecule has 1 fully saturated rings. The van der Waals surface area contributed by atoms with Crippen LogP contribution in [0.1, 0.15) is 44.7 Å². The minimum atomic E-state index is -0.425. The van der Waals surface area contributed by atoms with Crippen LogP contribution in [-0.4, -0.2) is 41.3 Å². The highest BCUT2D eigenvalue weighted by atomic mass is 19.1. The zero-order valence-corrected chi connectivity index (χ0v) is 19.5. The van der Waals surface area contributed by atoms with Gasteiger partial charge in [0.1, 0.15) is 17.3 Å². The van der Waals surface area contributed by atoms with E-state index in [-0.39, 0.29) is 18.4 Å². The molecule has 0 aliphatic carbocycles. The van der Waals surface area contributed by atoms with Gasteiger partial charge in [-0.15, -0.1) is 0 Å². The van der Waals surface area contributed by atoms with Gasteiger partial charge in [0.25, 0.3) is 11.8 Å². The predicted molar refractivity (Wildman–Crippen MR) is 126 cm³/mol. The lowest BCUT2D eigenvalue weighted by atomic mass is 9.97. The lowest BCUT2D eigenvalue weighted by Gasteiger charge is -2.33. The molecule has 0 aromatic heterocycles. The van der Waals surface area contributed by atoms with Crippen LogP contribution in [0.15, 0.2) is 54.2 Å². The molecule has 0 bridgehead atoms. The van der Waals surface area contributed by atoms with Gasteiger partial charge in [-0.2, -0.15) is 0 Å². The largest absolute Gasteiger partial charge is 0.493 e. The van der Waals surface area contributed by atoms with Crippen LogP contribution >= 0.6 is 0 Å². The zero-order chi connectivity index (χ0) is 23.5. The second kappa shape index (κ2) is 9.77. The number of hydrogen-bond acceptors (Lipinski definition) is 4. The van der Waals surface area contributed by atoms with Crippen molar-refractivity contribution in [3.05, 3.63) is 71.2 Å².